The minimum Gasteiger partial charge on any atom is -0.452 e. The van der Waals surface area contributed by atoms with E-state index in [2.05, 4.69) is 10.3 Å². The fourth-order valence-electron chi connectivity index (χ4n) is 3.50. The van der Waals surface area contributed by atoms with E-state index in [4.69, 9.17) is 16.3 Å². The Labute approximate surface area is 196 Å². The molecule has 4 rings (SSSR count). The summed E-state index contributed by atoms with van der Waals surface area (Å²) in [5, 5.41) is 2.89. The van der Waals surface area contributed by atoms with Gasteiger partial charge in [0.1, 0.15) is 5.82 Å². The molecule has 1 amide bonds. The molecule has 8 nitrogen and oxygen atoms in total. The number of aryl methyl sites for hydroxylation is 1. The number of ether oxygens (including phenoxy) is 1. The van der Waals surface area contributed by atoms with E-state index in [1.807, 2.05) is 12.1 Å². The monoisotopic (exact) mass is 485 g/mol. The zero-order valence-electron chi connectivity index (χ0n) is 17.4. The predicted molar refractivity (Wildman–Crippen MR) is 124 cm³/mol. The molecule has 0 atom stereocenters. The SMILES string of the molecule is O=C(COC(=O)c1cccc(S(=O)(=O)N2CCCc3ccccc32)c1)Nc1ccc(Cl)cn1. The second-order valence-corrected chi connectivity index (χ2v) is 9.62. The average molecular weight is 486 g/mol. The predicted octanol–water partition coefficient (Wildman–Crippen LogP) is 3.67. The van der Waals surface area contributed by atoms with Crippen LogP contribution in [0.15, 0.2) is 71.8 Å². The number of fused-ring (bicyclic) bond motifs is 1. The molecule has 10 heteroatoms. The molecule has 0 spiro atoms. The molecule has 0 unspecified atom stereocenters. The number of para-hydroxylation sites is 1. The maximum Gasteiger partial charge on any atom is 0.338 e. The molecule has 1 aromatic heterocycles. The number of carbonyl (C=O) groups excluding carboxylic acids is 2. The van der Waals surface area contributed by atoms with Gasteiger partial charge >= 0.3 is 5.97 Å². The topological polar surface area (TPSA) is 106 Å². The van der Waals surface area contributed by atoms with E-state index in [1.165, 1.54) is 40.8 Å². The van der Waals surface area contributed by atoms with Crippen molar-refractivity contribution in [3.8, 4) is 0 Å². The molecule has 170 valence electrons. The molecule has 33 heavy (non-hydrogen) atoms. The molecular weight excluding hydrogens is 466 g/mol. The first kappa shape index (κ1) is 22.8. The first-order chi connectivity index (χ1) is 15.8. The lowest BCUT2D eigenvalue weighted by Crippen LogP contribution is -2.35. The lowest BCUT2D eigenvalue weighted by Gasteiger charge is -2.30. The third-order valence-electron chi connectivity index (χ3n) is 5.05. The van der Waals surface area contributed by atoms with Crippen LogP contribution in [0.25, 0.3) is 0 Å². The Kier molecular flexibility index (Phi) is 6.62. The molecule has 2 aromatic carbocycles. The number of anilines is 2. The summed E-state index contributed by atoms with van der Waals surface area (Å²) in [5.41, 5.74) is 1.63. The molecule has 1 aliphatic rings. The van der Waals surface area contributed by atoms with E-state index in [0.717, 1.165) is 12.0 Å². The van der Waals surface area contributed by atoms with E-state index >= 15 is 0 Å². The number of hydrogen-bond donors (Lipinski definition) is 1. The van der Waals surface area contributed by atoms with Gasteiger partial charge in [0, 0.05) is 12.7 Å². The van der Waals surface area contributed by atoms with Crippen molar-refractivity contribution in [1.29, 1.82) is 0 Å². The lowest BCUT2D eigenvalue weighted by molar-refractivity contribution is -0.119. The minimum atomic E-state index is -3.88. The van der Waals surface area contributed by atoms with Gasteiger partial charge < -0.3 is 10.1 Å². The van der Waals surface area contributed by atoms with Crippen LogP contribution in [0, 0.1) is 0 Å². The molecule has 0 saturated heterocycles. The third-order valence-corrected chi connectivity index (χ3v) is 7.09. The van der Waals surface area contributed by atoms with Crippen LogP contribution < -0.4 is 9.62 Å². The highest BCUT2D eigenvalue weighted by Gasteiger charge is 2.29. The standard InChI is InChI=1S/C23H20ClN3O5S/c24-18-10-11-21(25-14-18)26-22(28)15-32-23(29)17-6-3-8-19(13-17)33(30,31)27-12-4-7-16-5-1-2-9-20(16)27/h1-3,5-6,8-11,13-14H,4,7,12,15H2,(H,25,26,28). The quantitative estimate of drug-likeness (QED) is 0.534. The van der Waals surface area contributed by atoms with Gasteiger partial charge in [0.25, 0.3) is 15.9 Å². The van der Waals surface area contributed by atoms with Gasteiger partial charge in [-0.25, -0.2) is 18.2 Å². The number of sulfonamides is 1. The second-order valence-electron chi connectivity index (χ2n) is 7.32. The lowest BCUT2D eigenvalue weighted by atomic mass is 10.0. The van der Waals surface area contributed by atoms with Gasteiger partial charge in [-0.15, -0.1) is 0 Å². The summed E-state index contributed by atoms with van der Waals surface area (Å²) in [6.07, 6.45) is 2.88. The van der Waals surface area contributed by atoms with Crippen molar-refractivity contribution >= 4 is 45.0 Å². The van der Waals surface area contributed by atoms with Gasteiger partial charge in [-0.3, -0.25) is 9.10 Å². The van der Waals surface area contributed by atoms with Crippen LogP contribution in [0.2, 0.25) is 5.02 Å². The number of aromatic nitrogens is 1. The Morgan fingerprint density at radius 1 is 1.09 bits per heavy atom. The number of nitrogens with one attached hydrogen (secondary N) is 1. The van der Waals surface area contributed by atoms with Crippen molar-refractivity contribution in [2.45, 2.75) is 17.7 Å². The summed E-state index contributed by atoms with van der Waals surface area (Å²) < 4.78 is 33.0. The highest BCUT2D eigenvalue weighted by atomic mass is 35.5. The summed E-state index contributed by atoms with van der Waals surface area (Å²) in [6.45, 7) is -0.202. The molecule has 3 aromatic rings. The highest BCUT2D eigenvalue weighted by Crippen LogP contribution is 2.32. The Morgan fingerprint density at radius 3 is 2.70 bits per heavy atom. The van der Waals surface area contributed by atoms with E-state index in [9.17, 15) is 18.0 Å². The Balaban J connectivity index is 1.45. The Morgan fingerprint density at radius 2 is 1.91 bits per heavy atom. The zero-order chi connectivity index (χ0) is 23.4. The normalized spacial score (nSPS) is 13.2. The second kappa shape index (κ2) is 9.60. The fraction of sp³-hybridized carbons (Fsp3) is 0.174. The summed E-state index contributed by atoms with van der Waals surface area (Å²) in [6, 6.07) is 16.0. The molecule has 0 saturated carbocycles. The third kappa shape index (κ3) is 5.15. The van der Waals surface area contributed by atoms with Crippen LogP contribution in [0.4, 0.5) is 11.5 Å². The number of esters is 1. The molecule has 0 radical (unpaired) electrons. The highest BCUT2D eigenvalue weighted by molar-refractivity contribution is 7.92. The van der Waals surface area contributed by atoms with Gasteiger partial charge in [0.15, 0.2) is 6.61 Å². The van der Waals surface area contributed by atoms with E-state index in [1.54, 1.807) is 18.2 Å². The maximum atomic E-state index is 13.3. The molecule has 1 aliphatic heterocycles. The fourth-order valence-corrected chi connectivity index (χ4v) is 5.20. The van der Waals surface area contributed by atoms with E-state index < -0.39 is 28.5 Å². The minimum absolute atomic E-state index is 0.0246. The largest absolute Gasteiger partial charge is 0.452 e. The summed E-state index contributed by atoms with van der Waals surface area (Å²) in [5.74, 6) is -1.15. The molecule has 1 N–H and O–H groups in total. The zero-order valence-corrected chi connectivity index (χ0v) is 19.0. The smallest absolute Gasteiger partial charge is 0.338 e. The number of nitrogens with zero attached hydrogens (tertiary/aromatic N) is 2. The molecule has 0 aliphatic carbocycles. The maximum absolute atomic E-state index is 13.3. The van der Waals surface area contributed by atoms with Crippen molar-refractivity contribution in [1.82, 2.24) is 4.98 Å². The van der Waals surface area contributed by atoms with Gasteiger partial charge in [0.2, 0.25) is 0 Å². The van der Waals surface area contributed by atoms with Gasteiger partial charge in [-0.05, 0) is 54.8 Å². The van der Waals surface area contributed by atoms with Crippen LogP contribution in [-0.2, 0) is 26.0 Å². The average Bonchev–Trinajstić information content (AvgIpc) is 2.83. The van der Waals surface area contributed by atoms with Crippen LogP contribution in [0.5, 0.6) is 0 Å². The number of rotatable bonds is 6. The first-order valence-corrected chi connectivity index (χ1v) is 12.0. The molecule has 0 fully saturated rings. The Bertz CT molecular complexity index is 1300. The van der Waals surface area contributed by atoms with E-state index in [0.29, 0.717) is 23.7 Å². The Hall–Kier alpha value is -3.43. The molecule has 2 heterocycles. The van der Waals surface area contributed by atoms with Gasteiger partial charge in [-0.2, -0.15) is 0 Å². The summed E-state index contributed by atoms with van der Waals surface area (Å²) >= 11 is 5.75. The van der Waals surface area contributed by atoms with Gasteiger partial charge in [-0.1, -0.05) is 35.9 Å². The van der Waals surface area contributed by atoms with Crippen molar-refractivity contribution < 1.29 is 22.7 Å². The van der Waals surface area contributed by atoms with Crippen molar-refractivity contribution in [3.05, 3.63) is 83.0 Å². The van der Waals surface area contributed by atoms with Crippen molar-refractivity contribution in [2.24, 2.45) is 0 Å². The molecular formula is C23H20ClN3O5S. The number of pyridine rings is 1. The number of hydrogen-bond acceptors (Lipinski definition) is 6. The number of carbonyl (C=O) groups is 2. The number of halogens is 1. The first-order valence-electron chi connectivity index (χ1n) is 10.1. The van der Waals surface area contributed by atoms with Crippen LogP contribution in [-0.4, -0.2) is 38.4 Å². The van der Waals surface area contributed by atoms with Gasteiger partial charge in [0.05, 0.1) is 21.2 Å². The number of benzene rings is 2. The summed E-state index contributed by atoms with van der Waals surface area (Å²) in [4.78, 5) is 28.4. The molecule has 0 bridgehead atoms. The van der Waals surface area contributed by atoms with Crippen LogP contribution >= 0.6 is 11.6 Å². The number of amides is 1. The van der Waals surface area contributed by atoms with E-state index in [-0.39, 0.29) is 16.3 Å². The van der Waals surface area contributed by atoms with Crippen LogP contribution in [0.1, 0.15) is 22.3 Å². The van der Waals surface area contributed by atoms with Crippen molar-refractivity contribution in [2.75, 3.05) is 22.8 Å². The van der Waals surface area contributed by atoms with Crippen LogP contribution in [0.3, 0.4) is 0 Å². The summed E-state index contributed by atoms with van der Waals surface area (Å²) in [7, 11) is -3.88. The van der Waals surface area contributed by atoms with Crippen molar-refractivity contribution in [3.63, 3.8) is 0 Å².